The van der Waals surface area contributed by atoms with E-state index in [0.29, 0.717) is 18.4 Å². The third-order valence-corrected chi connectivity index (χ3v) is 6.46. The second-order valence-corrected chi connectivity index (χ2v) is 11.0. The number of carbonyl (C=O) groups excluding carboxylic acids is 3. The molecule has 0 aliphatic heterocycles. The fraction of sp³-hybridized carbons (Fsp3) is 0.400. The molecule has 0 saturated heterocycles. The summed E-state index contributed by atoms with van der Waals surface area (Å²) in [7, 11) is -4.26. The summed E-state index contributed by atoms with van der Waals surface area (Å²) in [5.74, 6) is -1.42. The molecule has 1 atom stereocenters. The maximum atomic E-state index is 12.9. The first kappa shape index (κ1) is 30.4. The lowest BCUT2D eigenvalue weighted by Crippen LogP contribution is -2.42. The van der Waals surface area contributed by atoms with Crippen LogP contribution in [-0.2, 0) is 24.3 Å². The minimum Gasteiger partial charge on any atom is -0.456 e. The Morgan fingerprint density at radius 2 is 1.63 bits per heavy atom. The van der Waals surface area contributed by atoms with Crippen LogP contribution < -0.4 is 10.0 Å². The zero-order valence-corrected chi connectivity index (χ0v) is 22.2. The number of ether oxygens (including phenoxy) is 2. The quantitative estimate of drug-likeness (QED) is 0.125. The summed E-state index contributed by atoms with van der Waals surface area (Å²) >= 11 is 0. The minimum absolute atomic E-state index is 0.000566. The van der Waals surface area contributed by atoms with Crippen molar-refractivity contribution in [2.45, 2.75) is 56.6 Å². The second-order valence-electron chi connectivity index (χ2n) is 9.25. The number of esters is 1. The van der Waals surface area contributed by atoms with Gasteiger partial charge in [-0.2, -0.15) is 4.72 Å². The van der Waals surface area contributed by atoms with Gasteiger partial charge in [0.1, 0.15) is 11.6 Å². The first-order valence-corrected chi connectivity index (χ1v) is 13.3. The molecule has 0 spiro atoms. The number of benzene rings is 2. The number of hydrogen-bond acceptors (Lipinski definition) is 9. The fourth-order valence-electron chi connectivity index (χ4n) is 3.15. The van der Waals surface area contributed by atoms with Crippen LogP contribution >= 0.6 is 0 Å². The molecule has 2 aromatic rings. The van der Waals surface area contributed by atoms with Crippen LogP contribution in [0.3, 0.4) is 0 Å². The molecule has 2 N–H and O–H groups in total. The number of ketones is 1. The molecule has 0 radical (unpaired) electrons. The Hall–Kier alpha value is -3.84. The normalized spacial score (nSPS) is 12.3. The van der Waals surface area contributed by atoms with Gasteiger partial charge in [-0.05, 0) is 52.2 Å². The van der Waals surface area contributed by atoms with Crippen LogP contribution in [0.25, 0.3) is 0 Å². The number of alkyl carbamates (subject to hydrolysis) is 1. The molecule has 206 valence electrons. The predicted molar refractivity (Wildman–Crippen MR) is 137 cm³/mol. The topological polar surface area (TPSA) is 171 Å². The Bertz CT molecular complexity index is 1220. The summed E-state index contributed by atoms with van der Waals surface area (Å²) in [6, 6.07) is 11.0. The number of Topliss-reactive ketones (excluding diaryl/α,β-unsaturated/α-hetero) is 1. The van der Waals surface area contributed by atoms with Crippen LogP contribution in [0, 0.1) is 10.1 Å². The molecule has 0 unspecified atom stereocenters. The Morgan fingerprint density at radius 1 is 1.00 bits per heavy atom. The summed E-state index contributed by atoms with van der Waals surface area (Å²) in [5, 5.41) is 13.4. The number of nitrogens with zero attached hydrogens (tertiary/aromatic N) is 1. The summed E-state index contributed by atoms with van der Waals surface area (Å²) in [6.45, 7) is 4.81. The number of hydrogen-bond donors (Lipinski definition) is 2. The van der Waals surface area contributed by atoms with Crippen molar-refractivity contribution in [3.05, 3.63) is 70.3 Å². The Kier molecular flexibility index (Phi) is 10.9. The van der Waals surface area contributed by atoms with E-state index in [9.17, 15) is 32.9 Å². The summed E-state index contributed by atoms with van der Waals surface area (Å²) < 4.78 is 38.2. The van der Waals surface area contributed by atoms with Crippen molar-refractivity contribution < 1.29 is 37.2 Å². The second kappa shape index (κ2) is 13.6. The molecule has 0 bridgehead atoms. The van der Waals surface area contributed by atoms with Crippen LogP contribution in [0.2, 0.25) is 0 Å². The molecule has 13 heteroatoms. The number of nitrogens with one attached hydrogen (secondary N) is 2. The molecule has 0 aliphatic rings. The van der Waals surface area contributed by atoms with Crippen molar-refractivity contribution in [3.8, 4) is 0 Å². The summed E-state index contributed by atoms with van der Waals surface area (Å²) in [5.41, 5.74) is -0.625. The standard InChI is InChI=1S/C25H31N3O9S/c1-25(2,3)37-24(31)26-16-8-7-11-21(23(30)36-17-22(29)18-9-5-4-6-10-18)27-38(34,35)20-14-12-19(13-15-20)28(32)33/h4-6,9-10,12-15,21,27H,7-8,11,16-17H2,1-3H3,(H,26,31)/t21-/m0/s1. The number of nitro benzene ring substituents is 1. The third-order valence-electron chi connectivity index (χ3n) is 4.97. The first-order valence-electron chi connectivity index (χ1n) is 11.8. The lowest BCUT2D eigenvalue weighted by Gasteiger charge is -2.20. The van der Waals surface area contributed by atoms with Crippen molar-refractivity contribution in [1.82, 2.24) is 10.0 Å². The van der Waals surface area contributed by atoms with Gasteiger partial charge < -0.3 is 14.8 Å². The highest BCUT2D eigenvalue weighted by atomic mass is 32.2. The lowest BCUT2D eigenvalue weighted by molar-refractivity contribution is -0.384. The molecule has 0 aromatic heterocycles. The largest absolute Gasteiger partial charge is 0.456 e. The summed E-state index contributed by atoms with van der Waals surface area (Å²) in [6.07, 6.45) is 0.100. The SMILES string of the molecule is CC(C)(C)OC(=O)NCCCC[C@H](NS(=O)(=O)c1ccc([N+](=O)[O-])cc1)C(=O)OCC(=O)c1ccccc1. The molecular weight excluding hydrogens is 518 g/mol. The van der Waals surface area contributed by atoms with Crippen LogP contribution in [0.1, 0.15) is 50.4 Å². The van der Waals surface area contributed by atoms with E-state index in [2.05, 4.69) is 10.0 Å². The molecule has 0 aliphatic carbocycles. The van der Waals surface area contributed by atoms with Crippen molar-refractivity contribution in [2.75, 3.05) is 13.2 Å². The number of unbranched alkanes of at least 4 members (excludes halogenated alkanes) is 1. The average Bonchev–Trinajstić information content (AvgIpc) is 2.85. The van der Waals surface area contributed by atoms with E-state index < -0.39 is 51.0 Å². The molecule has 38 heavy (non-hydrogen) atoms. The van der Waals surface area contributed by atoms with Crippen LogP contribution in [0.4, 0.5) is 10.5 Å². The monoisotopic (exact) mass is 549 g/mol. The Morgan fingerprint density at radius 3 is 2.21 bits per heavy atom. The maximum absolute atomic E-state index is 12.9. The Labute approximate surface area is 220 Å². The van der Waals surface area contributed by atoms with Gasteiger partial charge in [0.15, 0.2) is 12.4 Å². The molecule has 2 rings (SSSR count). The molecule has 1 amide bonds. The van der Waals surface area contributed by atoms with Gasteiger partial charge >= 0.3 is 12.1 Å². The predicted octanol–water partition coefficient (Wildman–Crippen LogP) is 3.36. The van der Waals surface area contributed by atoms with E-state index >= 15 is 0 Å². The van der Waals surface area contributed by atoms with Gasteiger partial charge in [0.25, 0.3) is 5.69 Å². The average molecular weight is 550 g/mol. The van der Waals surface area contributed by atoms with Crippen molar-refractivity contribution in [2.24, 2.45) is 0 Å². The van der Waals surface area contributed by atoms with Crippen molar-refractivity contribution in [3.63, 3.8) is 0 Å². The number of rotatable bonds is 13. The number of amides is 1. The lowest BCUT2D eigenvalue weighted by atomic mass is 10.1. The maximum Gasteiger partial charge on any atom is 0.407 e. The minimum atomic E-state index is -4.26. The van der Waals surface area contributed by atoms with Gasteiger partial charge in [0, 0.05) is 24.2 Å². The smallest absolute Gasteiger partial charge is 0.407 e. The van der Waals surface area contributed by atoms with E-state index in [0.717, 1.165) is 24.3 Å². The molecule has 0 fully saturated rings. The van der Waals surface area contributed by atoms with Crippen LogP contribution in [-0.4, -0.2) is 56.0 Å². The molecule has 0 heterocycles. The van der Waals surface area contributed by atoms with E-state index in [1.165, 1.54) is 0 Å². The highest BCUT2D eigenvalue weighted by molar-refractivity contribution is 7.89. The number of sulfonamides is 1. The number of carbonyl (C=O) groups is 3. The van der Waals surface area contributed by atoms with Crippen molar-refractivity contribution in [1.29, 1.82) is 0 Å². The van der Waals surface area contributed by atoms with Gasteiger partial charge in [-0.15, -0.1) is 0 Å². The molecule has 12 nitrogen and oxygen atoms in total. The van der Waals surface area contributed by atoms with E-state index in [-0.39, 0.29) is 23.5 Å². The van der Waals surface area contributed by atoms with Gasteiger partial charge in [-0.3, -0.25) is 19.7 Å². The van der Waals surface area contributed by atoms with E-state index in [1.54, 1.807) is 51.1 Å². The molecular formula is C25H31N3O9S. The molecule has 0 saturated carbocycles. The van der Waals surface area contributed by atoms with Crippen molar-refractivity contribution >= 4 is 33.6 Å². The zero-order valence-electron chi connectivity index (χ0n) is 21.3. The molecule has 2 aromatic carbocycles. The number of nitro groups is 1. The van der Waals surface area contributed by atoms with E-state index in [4.69, 9.17) is 9.47 Å². The van der Waals surface area contributed by atoms with Crippen LogP contribution in [0.5, 0.6) is 0 Å². The van der Waals surface area contributed by atoms with E-state index in [1.807, 2.05) is 0 Å². The summed E-state index contributed by atoms with van der Waals surface area (Å²) in [4.78, 5) is 46.8. The fourth-order valence-corrected chi connectivity index (χ4v) is 4.37. The van der Waals surface area contributed by atoms with Gasteiger partial charge in [-0.1, -0.05) is 30.3 Å². The van der Waals surface area contributed by atoms with Gasteiger partial charge in [0.05, 0.1) is 9.82 Å². The van der Waals surface area contributed by atoms with Gasteiger partial charge in [0.2, 0.25) is 10.0 Å². The highest BCUT2D eigenvalue weighted by Crippen LogP contribution is 2.17. The number of non-ortho nitro benzene ring substituents is 1. The Balaban J connectivity index is 2.04. The van der Waals surface area contributed by atoms with Gasteiger partial charge in [-0.25, -0.2) is 13.2 Å². The first-order chi connectivity index (χ1) is 17.8. The third kappa shape index (κ3) is 10.3. The highest BCUT2D eigenvalue weighted by Gasteiger charge is 2.28. The zero-order chi connectivity index (χ0) is 28.3. The van der Waals surface area contributed by atoms with Crippen LogP contribution in [0.15, 0.2) is 59.5 Å².